The molecule has 1 N–H and O–H groups in total. The van der Waals surface area contributed by atoms with Crippen LogP contribution in [0.15, 0.2) is 36.5 Å². The number of benzene rings is 1. The first-order chi connectivity index (χ1) is 12.1. The van der Waals surface area contributed by atoms with Gasteiger partial charge in [-0.3, -0.25) is 4.79 Å². The summed E-state index contributed by atoms with van der Waals surface area (Å²) in [4.78, 5) is 24.2. The molecule has 140 valence electrons. The Hall–Kier alpha value is -2.84. The summed E-state index contributed by atoms with van der Waals surface area (Å²) < 4.78 is 44.2. The zero-order valence-electron chi connectivity index (χ0n) is 14.4. The minimum absolute atomic E-state index is 0.0188. The average Bonchev–Trinajstić information content (AvgIpc) is 3.02. The van der Waals surface area contributed by atoms with E-state index in [0.717, 1.165) is 24.3 Å². The molecule has 0 unspecified atom stereocenters. The molecule has 0 saturated heterocycles. The second-order valence-corrected chi connectivity index (χ2v) is 5.87. The lowest BCUT2D eigenvalue weighted by molar-refractivity contribution is -0.137. The molecule has 2 aromatic rings. The lowest BCUT2D eigenvalue weighted by Gasteiger charge is -2.16. The lowest BCUT2D eigenvalue weighted by atomic mass is 10.1. The van der Waals surface area contributed by atoms with Gasteiger partial charge in [0.2, 0.25) is 0 Å². The standard InChI is InChI=1S/C17H18F3N3O3/c1-10(2)23-14(8-9-21-23)22-15(24)11(3)26-16(25)12-4-6-13(7-5-12)17(18,19)20/h4-11H,1-3H3,(H,22,24)/t11-/m1/s1. The SMILES string of the molecule is CC(C)n1nccc1NC(=O)[C@@H](C)OC(=O)c1ccc(C(F)(F)F)cc1. The molecule has 0 fully saturated rings. The van der Waals surface area contributed by atoms with Crippen molar-refractivity contribution in [1.82, 2.24) is 9.78 Å². The Balaban J connectivity index is 2.00. The van der Waals surface area contributed by atoms with Crippen molar-refractivity contribution in [2.45, 2.75) is 39.1 Å². The van der Waals surface area contributed by atoms with Crippen molar-refractivity contribution in [2.75, 3.05) is 5.32 Å². The Morgan fingerprint density at radius 3 is 2.27 bits per heavy atom. The van der Waals surface area contributed by atoms with Crippen LogP contribution in [0.3, 0.4) is 0 Å². The number of anilines is 1. The van der Waals surface area contributed by atoms with Gasteiger partial charge in [0.15, 0.2) is 6.10 Å². The number of esters is 1. The maximum atomic E-state index is 12.5. The topological polar surface area (TPSA) is 73.2 Å². The summed E-state index contributed by atoms with van der Waals surface area (Å²) in [5.74, 6) is -1.02. The van der Waals surface area contributed by atoms with Crippen molar-refractivity contribution < 1.29 is 27.5 Å². The molecule has 2 rings (SSSR count). The monoisotopic (exact) mass is 369 g/mol. The van der Waals surface area contributed by atoms with Crippen molar-refractivity contribution in [3.63, 3.8) is 0 Å². The summed E-state index contributed by atoms with van der Waals surface area (Å²) >= 11 is 0. The highest BCUT2D eigenvalue weighted by molar-refractivity contribution is 5.96. The number of hydrogen-bond donors (Lipinski definition) is 1. The molecular formula is C17H18F3N3O3. The van der Waals surface area contributed by atoms with E-state index >= 15 is 0 Å². The number of carbonyl (C=O) groups is 2. The minimum atomic E-state index is -4.49. The normalized spacial score (nSPS) is 12.7. The van der Waals surface area contributed by atoms with Gasteiger partial charge in [-0.2, -0.15) is 18.3 Å². The summed E-state index contributed by atoms with van der Waals surface area (Å²) in [7, 11) is 0. The van der Waals surface area contributed by atoms with Gasteiger partial charge >= 0.3 is 12.1 Å². The molecule has 1 atom stereocenters. The summed E-state index contributed by atoms with van der Waals surface area (Å²) in [6.45, 7) is 5.14. The molecule has 6 nitrogen and oxygen atoms in total. The first-order valence-corrected chi connectivity index (χ1v) is 7.82. The Morgan fingerprint density at radius 1 is 1.12 bits per heavy atom. The van der Waals surface area contributed by atoms with Gasteiger partial charge in [-0.05, 0) is 45.0 Å². The number of amides is 1. The van der Waals surface area contributed by atoms with Crippen LogP contribution in [0.25, 0.3) is 0 Å². The predicted octanol–water partition coefficient (Wildman–Crippen LogP) is 3.67. The van der Waals surface area contributed by atoms with Crippen LogP contribution in [0.4, 0.5) is 19.0 Å². The zero-order chi connectivity index (χ0) is 19.5. The Bertz CT molecular complexity index is 783. The van der Waals surface area contributed by atoms with E-state index in [0.29, 0.717) is 5.82 Å². The smallest absolute Gasteiger partial charge is 0.416 e. The number of ether oxygens (including phenoxy) is 1. The predicted molar refractivity (Wildman–Crippen MR) is 87.6 cm³/mol. The number of halogens is 3. The fourth-order valence-corrected chi connectivity index (χ4v) is 2.13. The van der Waals surface area contributed by atoms with Crippen molar-refractivity contribution in [1.29, 1.82) is 0 Å². The van der Waals surface area contributed by atoms with Crippen LogP contribution in [0, 0.1) is 0 Å². The van der Waals surface area contributed by atoms with Crippen LogP contribution in [0.1, 0.15) is 42.7 Å². The Labute approximate surface area is 147 Å². The molecule has 1 aromatic carbocycles. The molecular weight excluding hydrogens is 351 g/mol. The summed E-state index contributed by atoms with van der Waals surface area (Å²) in [5.41, 5.74) is -0.952. The Morgan fingerprint density at radius 2 is 1.73 bits per heavy atom. The average molecular weight is 369 g/mol. The molecule has 1 heterocycles. The highest BCUT2D eigenvalue weighted by Gasteiger charge is 2.30. The van der Waals surface area contributed by atoms with Crippen LogP contribution in [0.5, 0.6) is 0 Å². The van der Waals surface area contributed by atoms with Crippen LogP contribution < -0.4 is 5.32 Å². The molecule has 26 heavy (non-hydrogen) atoms. The molecule has 9 heteroatoms. The van der Waals surface area contributed by atoms with Crippen molar-refractivity contribution in [2.24, 2.45) is 0 Å². The van der Waals surface area contributed by atoms with Gasteiger partial charge in [-0.1, -0.05) is 0 Å². The number of alkyl halides is 3. The third-order valence-electron chi connectivity index (χ3n) is 3.51. The van der Waals surface area contributed by atoms with E-state index in [1.165, 1.54) is 13.1 Å². The van der Waals surface area contributed by atoms with Gasteiger partial charge in [-0.15, -0.1) is 0 Å². The van der Waals surface area contributed by atoms with Gasteiger partial charge in [-0.25, -0.2) is 9.48 Å². The highest BCUT2D eigenvalue weighted by Crippen LogP contribution is 2.29. The van der Waals surface area contributed by atoms with Crippen LogP contribution in [0.2, 0.25) is 0 Å². The van der Waals surface area contributed by atoms with E-state index in [9.17, 15) is 22.8 Å². The fraction of sp³-hybridized carbons (Fsp3) is 0.353. The molecule has 0 spiro atoms. The molecule has 0 saturated carbocycles. The van der Waals surface area contributed by atoms with E-state index in [1.807, 2.05) is 13.8 Å². The van der Waals surface area contributed by atoms with E-state index in [2.05, 4.69) is 10.4 Å². The van der Waals surface area contributed by atoms with E-state index in [-0.39, 0.29) is 11.6 Å². The minimum Gasteiger partial charge on any atom is -0.449 e. The van der Waals surface area contributed by atoms with Gasteiger partial charge in [0.1, 0.15) is 5.82 Å². The quantitative estimate of drug-likeness (QED) is 0.817. The summed E-state index contributed by atoms with van der Waals surface area (Å²) in [6, 6.07) is 5.19. The van der Waals surface area contributed by atoms with Crippen LogP contribution in [-0.4, -0.2) is 27.8 Å². The van der Waals surface area contributed by atoms with Gasteiger partial charge < -0.3 is 10.1 Å². The largest absolute Gasteiger partial charge is 0.449 e. The third-order valence-corrected chi connectivity index (χ3v) is 3.51. The first-order valence-electron chi connectivity index (χ1n) is 7.82. The molecule has 0 bridgehead atoms. The van der Waals surface area contributed by atoms with E-state index in [4.69, 9.17) is 4.74 Å². The first kappa shape index (κ1) is 19.5. The second kappa shape index (κ2) is 7.59. The molecule has 0 radical (unpaired) electrons. The number of rotatable bonds is 5. The van der Waals surface area contributed by atoms with Gasteiger partial charge in [0.25, 0.3) is 5.91 Å². The van der Waals surface area contributed by atoms with Crippen molar-refractivity contribution >= 4 is 17.7 Å². The number of aromatic nitrogens is 2. The molecule has 1 aromatic heterocycles. The lowest BCUT2D eigenvalue weighted by Crippen LogP contribution is -2.31. The number of carbonyl (C=O) groups excluding carboxylic acids is 2. The molecule has 0 aliphatic carbocycles. The van der Waals surface area contributed by atoms with Crippen molar-refractivity contribution in [3.8, 4) is 0 Å². The van der Waals surface area contributed by atoms with Crippen molar-refractivity contribution in [3.05, 3.63) is 47.7 Å². The maximum absolute atomic E-state index is 12.5. The fourth-order valence-electron chi connectivity index (χ4n) is 2.13. The van der Waals surface area contributed by atoms with E-state index < -0.39 is 29.7 Å². The molecule has 0 aliphatic heterocycles. The summed E-state index contributed by atoms with van der Waals surface area (Å²) in [6.07, 6.45) is -4.11. The Kier molecular flexibility index (Phi) is 5.69. The third kappa shape index (κ3) is 4.62. The number of hydrogen-bond acceptors (Lipinski definition) is 4. The van der Waals surface area contributed by atoms with E-state index in [1.54, 1.807) is 10.7 Å². The zero-order valence-corrected chi connectivity index (χ0v) is 14.4. The molecule has 0 aliphatic rings. The van der Waals surface area contributed by atoms with Gasteiger partial charge in [0.05, 0.1) is 17.3 Å². The highest BCUT2D eigenvalue weighted by atomic mass is 19.4. The maximum Gasteiger partial charge on any atom is 0.416 e. The second-order valence-electron chi connectivity index (χ2n) is 5.87. The molecule has 1 amide bonds. The van der Waals surface area contributed by atoms with Crippen LogP contribution in [-0.2, 0) is 15.7 Å². The number of nitrogens with one attached hydrogen (secondary N) is 1. The summed E-state index contributed by atoms with van der Waals surface area (Å²) in [5, 5.41) is 6.66. The van der Waals surface area contributed by atoms with Gasteiger partial charge in [0, 0.05) is 12.1 Å². The number of nitrogens with zero attached hydrogens (tertiary/aromatic N) is 2. The van der Waals surface area contributed by atoms with Crippen LogP contribution >= 0.6 is 0 Å².